The van der Waals surface area contributed by atoms with Crippen LogP contribution in [0.25, 0.3) is 0 Å². The molecule has 1 heterocycles. The lowest BCUT2D eigenvalue weighted by Crippen LogP contribution is -2.13. The molecule has 2 N–H and O–H groups in total. The molecule has 0 aliphatic rings. The number of rotatable bonds is 5. The second kappa shape index (κ2) is 6.78. The van der Waals surface area contributed by atoms with Crippen molar-refractivity contribution in [1.82, 2.24) is 4.98 Å². The molecule has 1 aromatic carbocycles. The molecule has 2 rings (SSSR count). The molecule has 0 aliphatic heterocycles. The van der Waals surface area contributed by atoms with Crippen molar-refractivity contribution in [2.75, 3.05) is 10.0 Å². The summed E-state index contributed by atoms with van der Waals surface area (Å²) >= 11 is 0. The van der Waals surface area contributed by atoms with Gasteiger partial charge >= 0.3 is 0 Å². The summed E-state index contributed by atoms with van der Waals surface area (Å²) in [6.07, 6.45) is 1.35. The van der Waals surface area contributed by atoms with Crippen LogP contribution >= 0.6 is 0 Å². The molecule has 0 atom stereocenters. The van der Waals surface area contributed by atoms with E-state index in [-0.39, 0.29) is 10.8 Å². The zero-order chi connectivity index (χ0) is 17.0. The normalized spacial score (nSPS) is 11.3. The molecular formula is C16H19N3O3S. The number of aromatic nitrogens is 1. The average Bonchev–Trinajstić information content (AvgIpc) is 2.48. The second-order valence-corrected chi connectivity index (χ2v) is 7.12. The first-order chi connectivity index (χ1) is 10.8. The van der Waals surface area contributed by atoms with Crippen LogP contribution < -0.4 is 10.0 Å². The number of benzene rings is 1. The monoisotopic (exact) mass is 333 g/mol. The molecule has 0 saturated heterocycles. The van der Waals surface area contributed by atoms with Crippen LogP contribution in [0.5, 0.6) is 0 Å². The number of anilines is 2. The Kier molecular flexibility index (Phi) is 5.00. The number of pyridine rings is 1. The minimum absolute atomic E-state index is 0.188. The third kappa shape index (κ3) is 4.53. The standard InChI is InChI=1S/C16H19N3O3S/c1-11(2)13-4-7-15(8-5-13)23(21,22)19-14-6-9-16(17-10-14)18-12(3)20/h4-11,19H,1-3H3,(H,17,18,20). The van der Waals surface area contributed by atoms with Gasteiger partial charge in [-0.05, 0) is 35.7 Å². The first-order valence-corrected chi connectivity index (χ1v) is 8.62. The molecule has 122 valence electrons. The number of nitrogens with one attached hydrogen (secondary N) is 2. The Labute approximate surface area is 136 Å². The minimum atomic E-state index is -3.67. The van der Waals surface area contributed by atoms with E-state index in [1.54, 1.807) is 24.3 Å². The zero-order valence-corrected chi connectivity index (χ0v) is 14.0. The molecule has 6 nitrogen and oxygen atoms in total. The van der Waals surface area contributed by atoms with Gasteiger partial charge in [-0.2, -0.15) is 0 Å². The average molecular weight is 333 g/mol. The number of carbonyl (C=O) groups is 1. The molecule has 0 unspecified atom stereocenters. The summed E-state index contributed by atoms with van der Waals surface area (Å²) in [6.45, 7) is 5.47. The highest BCUT2D eigenvalue weighted by molar-refractivity contribution is 7.92. The van der Waals surface area contributed by atoms with E-state index < -0.39 is 10.0 Å². The maximum Gasteiger partial charge on any atom is 0.261 e. The fourth-order valence-corrected chi connectivity index (χ4v) is 3.00. The van der Waals surface area contributed by atoms with Gasteiger partial charge in [0.15, 0.2) is 0 Å². The van der Waals surface area contributed by atoms with Crippen LogP contribution in [0.4, 0.5) is 11.5 Å². The van der Waals surface area contributed by atoms with Gasteiger partial charge in [0.1, 0.15) is 5.82 Å². The van der Waals surface area contributed by atoms with E-state index >= 15 is 0 Å². The van der Waals surface area contributed by atoms with E-state index in [9.17, 15) is 13.2 Å². The van der Waals surface area contributed by atoms with Crippen LogP contribution in [-0.4, -0.2) is 19.3 Å². The molecule has 0 aliphatic carbocycles. The smallest absolute Gasteiger partial charge is 0.261 e. The van der Waals surface area contributed by atoms with E-state index in [4.69, 9.17) is 0 Å². The van der Waals surface area contributed by atoms with Crippen LogP contribution in [0.2, 0.25) is 0 Å². The van der Waals surface area contributed by atoms with E-state index in [0.717, 1.165) is 5.56 Å². The number of nitrogens with zero attached hydrogens (tertiary/aromatic N) is 1. The molecule has 0 bridgehead atoms. The lowest BCUT2D eigenvalue weighted by atomic mass is 10.0. The molecular weight excluding hydrogens is 314 g/mol. The number of carbonyl (C=O) groups excluding carboxylic acids is 1. The van der Waals surface area contributed by atoms with Crippen molar-refractivity contribution in [2.45, 2.75) is 31.6 Å². The topological polar surface area (TPSA) is 88.2 Å². The van der Waals surface area contributed by atoms with Gasteiger partial charge in [0, 0.05) is 6.92 Å². The number of sulfonamides is 1. The van der Waals surface area contributed by atoms with Crippen LogP contribution in [0.3, 0.4) is 0 Å². The van der Waals surface area contributed by atoms with Gasteiger partial charge in [0.2, 0.25) is 5.91 Å². The van der Waals surface area contributed by atoms with E-state index in [1.165, 1.54) is 25.3 Å². The van der Waals surface area contributed by atoms with Gasteiger partial charge in [0.25, 0.3) is 10.0 Å². The summed E-state index contributed by atoms with van der Waals surface area (Å²) < 4.78 is 27.1. The van der Waals surface area contributed by atoms with E-state index in [1.807, 2.05) is 13.8 Å². The number of hydrogen-bond donors (Lipinski definition) is 2. The van der Waals surface area contributed by atoms with Crippen molar-refractivity contribution in [3.05, 3.63) is 48.2 Å². The lowest BCUT2D eigenvalue weighted by molar-refractivity contribution is -0.114. The Balaban J connectivity index is 2.15. The predicted octanol–water partition coefficient (Wildman–Crippen LogP) is 2.96. The Morgan fingerprint density at radius 2 is 1.74 bits per heavy atom. The summed E-state index contributed by atoms with van der Waals surface area (Å²) in [5.41, 5.74) is 1.40. The highest BCUT2D eigenvalue weighted by Gasteiger charge is 2.14. The van der Waals surface area contributed by atoms with Crippen molar-refractivity contribution in [3.63, 3.8) is 0 Å². The van der Waals surface area contributed by atoms with Gasteiger partial charge in [-0.25, -0.2) is 13.4 Å². The van der Waals surface area contributed by atoms with Crippen LogP contribution in [0.1, 0.15) is 32.3 Å². The molecule has 0 fully saturated rings. The fraction of sp³-hybridized carbons (Fsp3) is 0.250. The van der Waals surface area contributed by atoms with Gasteiger partial charge in [-0.3, -0.25) is 9.52 Å². The quantitative estimate of drug-likeness (QED) is 0.880. The first-order valence-electron chi connectivity index (χ1n) is 7.14. The maximum absolute atomic E-state index is 12.3. The minimum Gasteiger partial charge on any atom is -0.311 e. The molecule has 1 aromatic heterocycles. The van der Waals surface area contributed by atoms with Crippen LogP contribution in [-0.2, 0) is 14.8 Å². The summed E-state index contributed by atoms with van der Waals surface area (Å²) in [5.74, 6) is 0.461. The largest absolute Gasteiger partial charge is 0.311 e. The van der Waals surface area contributed by atoms with Crippen molar-refractivity contribution in [2.24, 2.45) is 0 Å². The summed E-state index contributed by atoms with van der Waals surface area (Å²) in [5, 5.41) is 2.52. The highest BCUT2D eigenvalue weighted by atomic mass is 32.2. The second-order valence-electron chi connectivity index (χ2n) is 5.44. The SMILES string of the molecule is CC(=O)Nc1ccc(NS(=O)(=O)c2ccc(C(C)C)cc2)cn1. The number of hydrogen-bond acceptors (Lipinski definition) is 4. The Bertz CT molecular complexity index is 782. The molecule has 0 saturated carbocycles. The number of amides is 1. The van der Waals surface area contributed by atoms with Crippen molar-refractivity contribution >= 4 is 27.4 Å². The van der Waals surface area contributed by atoms with Crippen molar-refractivity contribution < 1.29 is 13.2 Å². The summed E-state index contributed by atoms with van der Waals surface area (Å²) in [4.78, 5) is 15.1. The summed E-state index contributed by atoms with van der Waals surface area (Å²) in [7, 11) is -3.67. The van der Waals surface area contributed by atoms with Crippen molar-refractivity contribution in [3.8, 4) is 0 Å². The third-order valence-corrected chi connectivity index (χ3v) is 4.57. The molecule has 7 heteroatoms. The highest BCUT2D eigenvalue weighted by Crippen LogP contribution is 2.20. The van der Waals surface area contributed by atoms with E-state index in [2.05, 4.69) is 15.0 Å². The van der Waals surface area contributed by atoms with Crippen LogP contribution in [0.15, 0.2) is 47.5 Å². The van der Waals surface area contributed by atoms with Gasteiger partial charge in [-0.1, -0.05) is 26.0 Å². The molecule has 2 aromatic rings. The fourth-order valence-electron chi connectivity index (χ4n) is 1.95. The third-order valence-electron chi connectivity index (χ3n) is 3.18. The Hall–Kier alpha value is -2.41. The van der Waals surface area contributed by atoms with Gasteiger partial charge in [-0.15, -0.1) is 0 Å². The van der Waals surface area contributed by atoms with E-state index in [0.29, 0.717) is 17.4 Å². The molecule has 1 amide bonds. The van der Waals surface area contributed by atoms with Gasteiger partial charge in [0.05, 0.1) is 16.8 Å². The summed E-state index contributed by atoms with van der Waals surface area (Å²) in [6, 6.07) is 9.84. The van der Waals surface area contributed by atoms with Crippen molar-refractivity contribution in [1.29, 1.82) is 0 Å². The first kappa shape index (κ1) is 17.0. The zero-order valence-electron chi connectivity index (χ0n) is 13.2. The van der Waals surface area contributed by atoms with Gasteiger partial charge < -0.3 is 5.32 Å². The Morgan fingerprint density at radius 1 is 1.09 bits per heavy atom. The lowest BCUT2D eigenvalue weighted by Gasteiger charge is -2.10. The molecule has 0 spiro atoms. The van der Waals surface area contributed by atoms with Crippen LogP contribution in [0, 0.1) is 0 Å². The predicted molar refractivity (Wildman–Crippen MR) is 89.9 cm³/mol. The maximum atomic E-state index is 12.3. The Morgan fingerprint density at radius 3 is 2.22 bits per heavy atom. The molecule has 0 radical (unpaired) electrons. The molecule has 23 heavy (non-hydrogen) atoms.